The van der Waals surface area contributed by atoms with Crippen molar-refractivity contribution < 1.29 is 9.53 Å². The number of fused-ring (bicyclic) bond motifs is 1. The van der Waals surface area contributed by atoms with E-state index in [0.29, 0.717) is 5.92 Å². The third-order valence-corrected chi connectivity index (χ3v) is 5.47. The fraction of sp³-hybridized carbons (Fsp3) is 0.556. The molecule has 1 heterocycles. The van der Waals surface area contributed by atoms with Crippen LogP contribution in [0, 0.1) is 5.92 Å². The molecule has 3 rings (SSSR count). The monoisotopic (exact) mass is 366 g/mol. The Kier molecular flexibility index (Phi) is 5.02. The summed E-state index contributed by atoms with van der Waals surface area (Å²) in [5, 5.41) is 4.89. The number of thiazole rings is 1. The Balaban J connectivity index is 1.65. The summed E-state index contributed by atoms with van der Waals surface area (Å²) in [4.78, 5) is 16.7. The zero-order valence-electron chi connectivity index (χ0n) is 14.3. The molecule has 130 valence electrons. The highest BCUT2D eigenvalue weighted by atomic mass is 35.5. The molecule has 0 aliphatic heterocycles. The molecule has 1 aromatic carbocycles. The minimum absolute atomic E-state index is 0.162. The Bertz CT molecular complexity index is 738. The van der Waals surface area contributed by atoms with Gasteiger partial charge < -0.3 is 10.1 Å². The van der Waals surface area contributed by atoms with E-state index in [1.165, 1.54) is 0 Å². The lowest BCUT2D eigenvalue weighted by Crippen LogP contribution is -2.41. The zero-order chi connectivity index (χ0) is 17.3. The van der Waals surface area contributed by atoms with Crippen LogP contribution in [0.4, 0.5) is 4.79 Å². The summed E-state index contributed by atoms with van der Waals surface area (Å²) in [5.41, 5.74) is 0.527. The van der Waals surface area contributed by atoms with Crippen molar-refractivity contribution in [1.82, 2.24) is 10.3 Å². The van der Waals surface area contributed by atoms with Gasteiger partial charge in [0, 0.05) is 17.5 Å². The summed E-state index contributed by atoms with van der Waals surface area (Å²) in [5.74, 6) is 0.411. The number of alkyl carbamates (subject to hydrolysis) is 1. The van der Waals surface area contributed by atoms with Crippen molar-refractivity contribution in [2.24, 2.45) is 5.92 Å². The van der Waals surface area contributed by atoms with E-state index >= 15 is 0 Å². The lowest BCUT2D eigenvalue weighted by molar-refractivity contribution is 0.0493. The first kappa shape index (κ1) is 17.5. The van der Waals surface area contributed by atoms with Crippen LogP contribution in [-0.4, -0.2) is 22.7 Å². The van der Waals surface area contributed by atoms with E-state index in [9.17, 15) is 4.79 Å². The van der Waals surface area contributed by atoms with Gasteiger partial charge in [-0.2, -0.15) is 0 Å². The Morgan fingerprint density at radius 2 is 2.21 bits per heavy atom. The van der Waals surface area contributed by atoms with Crippen molar-refractivity contribution >= 4 is 39.2 Å². The Morgan fingerprint density at radius 1 is 1.42 bits per heavy atom. The number of halogens is 1. The Morgan fingerprint density at radius 3 is 2.96 bits per heavy atom. The van der Waals surface area contributed by atoms with Crippen molar-refractivity contribution in [3.8, 4) is 0 Å². The van der Waals surface area contributed by atoms with Crippen LogP contribution >= 0.6 is 22.9 Å². The smallest absolute Gasteiger partial charge is 0.407 e. The first-order chi connectivity index (χ1) is 11.3. The molecule has 24 heavy (non-hydrogen) atoms. The molecule has 4 nitrogen and oxygen atoms in total. The molecule has 1 saturated carbocycles. The topological polar surface area (TPSA) is 51.2 Å². The van der Waals surface area contributed by atoms with E-state index in [0.717, 1.165) is 45.9 Å². The van der Waals surface area contributed by atoms with Gasteiger partial charge in [-0.3, -0.25) is 0 Å². The van der Waals surface area contributed by atoms with Crippen LogP contribution < -0.4 is 5.32 Å². The fourth-order valence-electron chi connectivity index (χ4n) is 3.19. The van der Waals surface area contributed by atoms with Crippen LogP contribution in [0.15, 0.2) is 18.2 Å². The van der Waals surface area contributed by atoms with E-state index in [1.54, 1.807) is 11.3 Å². The van der Waals surface area contributed by atoms with Crippen LogP contribution in [0.3, 0.4) is 0 Å². The number of rotatable bonds is 3. The second-order valence-electron chi connectivity index (χ2n) is 7.37. The summed E-state index contributed by atoms with van der Waals surface area (Å²) in [6.07, 6.45) is 3.80. The fourth-order valence-corrected chi connectivity index (χ4v) is 4.52. The van der Waals surface area contributed by atoms with Crippen LogP contribution in [0.5, 0.6) is 0 Å². The van der Waals surface area contributed by atoms with Crippen molar-refractivity contribution in [2.45, 2.75) is 58.1 Å². The SMILES string of the molecule is CC(C)(C)OC(=O)NC1CCCC1Cc1nc2ccc(Cl)cc2s1. The Labute approximate surface area is 151 Å². The van der Waals surface area contributed by atoms with Crippen molar-refractivity contribution in [1.29, 1.82) is 0 Å². The van der Waals surface area contributed by atoms with E-state index in [4.69, 9.17) is 21.3 Å². The van der Waals surface area contributed by atoms with Crippen molar-refractivity contribution in [2.75, 3.05) is 0 Å². The molecule has 1 aliphatic carbocycles. The van der Waals surface area contributed by atoms with Crippen LogP contribution in [0.1, 0.15) is 45.0 Å². The first-order valence-corrected chi connectivity index (χ1v) is 9.54. The quantitative estimate of drug-likeness (QED) is 0.813. The molecule has 0 saturated heterocycles. The second kappa shape index (κ2) is 6.89. The van der Waals surface area contributed by atoms with Gasteiger partial charge in [-0.05, 0) is 57.7 Å². The van der Waals surface area contributed by atoms with Gasteiger partial charge in [0.25, 0.3) is 0 Å². The molecule has 1 N–H and O–H groups in total. The lowest BCUT2D eigenvalue weighted by atomic mass is 10.00. The highest BCUT2D eigenvalue weighted by Crippen LogP contribution is 2.32. The van der Waals surface area contributed by atoms with Gasteiger partial charge in [-0.1, -0.05) is 18.0 Å². The van der Waals surface area contributed by atoms with Gasteiger partial charge in [0.1, 0.15) is 5.60 Å². The Hall–Kier alpha value is -1.33. The standard InChI is InChI=1S/C18H23ClN2O2S/c1-18(2,3)23-17(22)21-13-6-4-5-11(13)9-16-20-14-8-7-12(19)10-15(14)24-16/h7-8,10-11,13H,4-6,9H2,1-3H3,(H,21,22). The van der Waals surface area contributed by atoms with Gasteiger partial charge in [0.15, 0.2) is 0 Å². The summed E-state index contributed by atoms with van der Waals surface area (Å²) >= 11 is 7.74. The van der Waals surface area contributed by atoms with Crippen LogP contribution in [-0.2, 0) is 11.2 Å². The number of benzene rings is 1. The zero-order valence-corrected chi connectivity index (χ0v) is 15.8. The van der Waals surface area contributed by atoms with Crippen molar-refractivity contribution in [3.63, 3.8) is 0 Å². The number of hydrogen-bond donors (Lipinski definition) is 1. The molecule has 0 bridgehead atoms. The molecular formula is C18H23ClN2O2S. The number of carbonyl (C=O) groups excluding carboxylic acids is 1. The molecular weight excluding hydrogens is 344 g/mol. The van der Waals surface area contributed by atoms with Crippen molar-refractivity contribution in [3.05, 3.63) is 28.2 Å². The van der Waals surface area contributed by atoms with Gasteiger partial charge in [0.2, 0.25) is 0 Å². The normalized spacial score (nSPS) is 21.2. The second-order valence-corrected chi connectivity index (χ2v) is 8.92. The molecule has 2 unspecified atom stereocenters. The highest BCUT2D eigenvalue weighted by molar-refractivity contribution is 7.18. The van der Waals surface area contributed by atoms with Crippen LogP contribution in [0.25, 0.3) is 10.2 Å². The third-order valence-electron chi connectivity index (χ3n) is 4.19. The first-order valence-electron chi connectivity index (χ1n) is 8.35. The van der Waals surface area contributed by atoms with Gasteiger partial charge in [-0.15, -0.1) is 11.3 Å². The summed E-state index contributed by atoms with van der Waals surface area (Å²) in [6.45, 7) is 5.64. The maximum absolute atomic E-state index is 12.0. The molecule has 1 aromatic heterocycles. The molecule has 2 aromatic rings. The number of nitrogens with one attached hydrogen (secondary N) is 1. The van der Waals surface area contributed by atoms with E-state index in [1.807, 2.05) is 39.0 Å². The predicted octanol–water partition coefficient (Wildman–Crippen LogP) is 5.19. The van der Waals surface area contributed by atoms with E-state index < -0.39 is 5.60 Å². The third kappa shape index (κ3) is 4.39. The molecule has 6 heteroatoms. The average molecular weight is 367 g/mol. The summed E-state index contributed by atoms with van der Waals surface area (Å²) in [6, 6.07) is 5.96. The largest absolute Gasteiger partial charge is 0.444 e. The maximum atomic E-state index is 12.0. The van der Waals surface area contributed by atoms with Gasteiger partial charge >= 0.3 is 6.09 Å². The predicted molar refractivity (Wildman–Crippen MR) is 98.8 cm³/mol. The number of nitrogens with zero attached hydrogens (tertiary/aromatic N) is 1. The molecule has 1 amide bonds. The number of aromatic nitrogens is 1. The summed E-state index contributed by atoms with van der Waals surface area (Å²) in [7, 11) is 0. The van der Waals surface area contributed by atoms with Gasteiger partial charge in [0.05, 0.1) is 15.2 Å². The van der Waals surface area contributed by atoms with Gasteiger partial charge in [-0.25, -0.2) is 9.78 Å². The minimum Gasteiger partial charge on any atom is -0.444 e. The maximum Gasteiger partial charge on any atom is 0.407 e. The molecule has 0 radical (unpaired) electrons. The average Bonchev–Trinajstić information content (AvgIpc) is 3.03. The van der Waals surface area contributed by atoms with E-state index in [-0.39, 0.29) is 12.1 Å². The number of carbonyl (C=O) groups is 1. The molecule has 1 fully saturated rings. The molecule has 1 aliphatic rings. The molecule has 2 atom stereocenters. The number of ether oxygens (including phenoxy) is 1. The number of amides is 1. The lowest BCUT2D eigenvalue weighted by Gasteiger charge is -2.24. The molecule has 0 spiro atoms. The highest BCUT2D eigenvalue weighted by Gasteiger charge is 2.31. The number of hydrogen-bond acceptors (Lipinski definition) is 4. The minimum atomic E-state index is -0.468. The van der Waals surface area contributed by atoms with Crippen LogP contribution in [0.2, 0.25) is 5.02 Å². The van der Waals surface area contributed by atoms with E-state index in [2.05, 4.69) is 5.32 Å². The summed E-state index contributed by atoms with van der Waals surface area (Å²) < 4.78 is 6.50.